The van der Waals surface area contributed by atoms with Crippen molar-refractivity contribution in [2.24, 2.45) is 0 Å². The van der Waals surface area contributed by atoms with E-state index in [4.69, 9.17) is 16.3 Å². The van der Waals surface area contributed by atoms with E-state index in [2.05, 4.69) is 26.1 Å². The highest BCUT2D eigenvalue weighted by atomic mass is 79.9. The van der Waals surface area contributed by atoms with E-state index in [1.165, 1.54) is 18.4 Å². The highest BCUT2D eigenvalue weighted by Gasteiger charge is 2.18. The molecule has 0 aromatic heterocycles. The number of rotatable bonds is 7. The Bertz CT molecular complexity index is 424. The van der Waals surface area contributed by atoms with Gasteiger partial charge in [-0.3, -0.25) is 4.90 Å². The third-order valence-electron chi connectivity index (χ3n) is 3.65. The van der Waals surface area contributed by atoms with Gasteiger partial charge in [-0.25, -0.2) is 0 Å². The summed E-state index contributed by atoms with van der Waals surface area (Å²) >= 11 is 9.71. The largest absolute Gasteiger partial charge is 0.383 e. The van der Waals surface area contributed by atoms with Crippen molar-refractivity contribution >= 4 is 27.5 Å². The van der Waals surface area contributed by atoms with Crippen molar-refractivity contribution in [1.29, 1.82) is 0 Å². The van der Waals surface area contributed by atoms with Gasteiger partial charge in [0.05, 0.1) is 6.61 Å². The Morgan fingerprint density at radius 1 is 1.50 bits per heavy atom. The fraction of sp³-hybridized carbons (Fsp3) is 0.600. The van der Waals surface area contributed by atoms with E-state index < -0.39 is 0 Å². The molecule has 112 valence electrons. The summed E-state index contributed by atoms with van der Waals surface area (Å²) in [4.78, 5) is 2.43. The second-order valence-corrected chi connectivity index (χ2v) is 6.55. The summed E-state index contributed by atoms with van der Waals surface area (Å²) < 4.78 is 6.34. The molecule has 0 bridgehead atoms. The Kier molecular flexibility index (Phi) is 6.78. The molecule has 1 aliphatic rings. The molecule has 1 aliphatic heterocycles. The molecule has 1 saturated heterocycles. The molecule has 2 rings (SSSR count). The number of hydrogen-bond acceptors (Lipinski definition) is 3. The van der Waals surface area contributed by atoms with Gasteiger partial charge in [0.25, 0.3) is 0 Å². The third-order valence-corrected chi connectivity index (χ3v) is 4.66. The van der Waals surface area contributed by atoms with E-state index in [1.807, 2.05) is 18.2 Å². The van der Waals surface area contributed by atoms with Gasteiger partial charge in [0, 0.05) is 42.3 Å². The van der Waals surface area contributed by atoms with E-state index in [0.717, 1.165) is 42.3 Å². The van der Waals surface area contributed by atoms with Crippen LogP contribution >= 0.6 is 27.5 Å². The minimum atomic E-state index is 0.602. The minimum absolute atomic E-state index is 0.602. The van der Waals surface area contributed by atoms with Crippen molar-refractivity contribution in [3.63, 3.8) is 0 Å². The zero-order valence-corrected chi connectivity index (χ0v) is 14.2. The summed E-state index contributed by atoms with van der Waals surface area (Å²) in [7, 11) is 1.75. The van der Waals surface area contributed by atoms with E-state index in [1.54, 1.807) is 7.11 Å². The van der Waals surface area contributed by atoms with Crippen LogP contribution in [0.1, 0.15) is 18.4 Å². The van der Waals surface area contributed by atoms with Gasteiger partial charge in [-0.1, -0.05) is 27.5 Å². The fourth-order valence-corrected chi connectivity index (χ4v) is 3.15. The summed E-state index contributed by atoms with van der Waals surface area (Å²) in [5.41, 5.74) is 1.23. The first kappa shape index (κ1) is 16.2. The number of halogens is 2. The second kappa shape index (κ2) is 8.35. The molecule has 0 saturated carbocycles. The van der Waals surface area contributed by atoms with Gasteiger partial charge in [0.1, 0.15) is 0 Å². The summed E-state index contributed by atoms with van der Waals surface area (Å²) in [6, 6.07) is 6.56. The molecular weight excluding hydrogens is 340 g/mol. The molecule has 1 unspecified atom stereocenters. The average molecular weight is 362 g/mol. The summed E-state index contributed by atoms with van der Waals surface area (Å²) in [5.74, 6) is 0. The highest BCUT2D eigenvalue weighted by Crippen LogP contribution is 2.23. The SMILES string of the molecule is COCCN(Cc1cc(Cl)ccc1Br)CC1CCCN1. The zero-order chi connectivity index (χ0) is 14.4. The monoisotopic (exact) mass is 360 g/mol. The summed E-state index contributed by atoms with van der Waals surface area (Å²) in [6.45, 7) is 4.78. The maximum Gasteiger partial charge on any atom is 0.0589 e. The molecule has 0 radical (unpaired) electrons. The second-order valence-electron chi connectivity index (χ2n) is 5.26. The Labute approximate surface area is 134 Å². The highest BCUT2D eigenvalue weighted by molar-refractivity contribution is 9.10. The zero-order valence-electron chi connectivity index (χ0n) is 11.9. The van der Waals surface area contributed by atoms with Crippen LogP contribution < -0.4 is 5.32 Å². The number of hydrogen-bond donors (Lipinski definition) is 1. The predicted molar refractivity (Wildman–Crippen MR) is 87.3 cm³/mol. The van der Waals surface area contributed by atoms with Crippen LogP contribution in [0.2, 0.25) is 5.02 Å². The Morgan fingerprint density at radius 2 is 2.35 bits per heavy atom. The smallest absolute Gasteiger partial charge is 0.0589 e. The van der Waals surface area contributed by atoms with Crippen LogP contribution in [-0.2, 0) is 11.3 Å². The van der Waals surface area contributed by atoms with Gasteiger partial charge >= 0.3 is 0 Å². The van der Waals surface area contributed by atoms with Crippen molar-refractivity contribution in [2.45, 2.75) is 25.4 Å². The number of nitrogens with zero attached hydrogens (tertiary/aromatic N) is 1. The van der Waals surface area contributed by atoms with Gasteiger partial charge in [0.2, 0.25) is 0 Å². The number of methoxy groups -OCH3 is 1. The van der Waals surface area contributed by atoms with Gasteiger partial charge < -0.3 is 10.1 Å². The molecule has 1 aromatic rings. The molecule has 1 atom stereocenters. The van der Waals surface area contributed by atoms with Crippen LogP contribution in [0.5, 0.6) is 0 Å². The van der Waals surface area contributed by atoms with E-state index in [9.17, 15) is 0 Å². The van der Waals surface area contributed by atoms with Gasteiger partial charge in [-0.2, -0.15) is 0 Å². The van der Waals surface area contributed by atoms with E-state index >= 15 is 0 Å². The van der Waals surface area contributed by atoms with Crippen molar-refractivity contribution in [2.75, 3.05) is 33.4 Å². The lowest BCUT2D eigenvalue weighted by Crippen LogP contribution is -2.38. The number of ether oxygens (including phenoxy) is 1. The average Bonchev–Trinajstić information content (AvgIpc) is 2.93. The molecule has 1 fully saturated rings. The summed E-state index contributed by atoms with van der Waals surface area (Å²) in [5, 5.41) is 4.34. The predicted octanol–water partition coefficient (Wildman–Crippen LogP) is 3.30. The normalized spacial score (nSPS) is 18.9. The van der Waals surface area contributed by atoms with Crippen LogP contribution in [0.15, 0.2) is 22.7 Å². The molecule has 0 spiro atoms. The maximum atomic E-state index is 6.10. The van der Waals surface area contributed by atoms with Crippen LogP contribution in [0.3, 0.4) is 0 Å². The molecule has 0 amide bonds. The topological polar surface area (TPSA) is 24.5 Å². The van der Waals surface area contributed by atoms with Crippen molar-refractivity contribution in [3.05, 3.63) is 33.3 Å². The van der Waals surface area contributed by atoms with Crippen LogP contribution in [0, 0.1) is 0 Å². The standard InChI is InChI=1S/C15H22BrClN2O/c1-20-8-7-19(11-14-3-2-6-18-14)10-12-9-13(17)4-5-15(12)16/h4-5,9,14,18H,2-3,6-8,10-11H2,1H3. The molecular formula is C15H22BrClN2O. The molecule has 3 nitrogen and oxygen atoms in total. The van der Waals surface area contributed by atoms with Gasteiger partial charge in [-0.05, 0) is 43.1 Å². The lowest BCUT2D eigenvalue weighted by molar-refractivity contribution is 0.138. The fourth-order valence-electron chi connectivity index (χ4n) is 2.58. The lowest BCUT2D eigenvalue weighted by atomic mass is 10.1. The van der Waals surface area contributed by atoms with Gasteiger partial charge in [0.15, 0.2) is 0 Å². The molecule has 0 aliphatic carbocycles. The summed E-state index contributed by atoms with van der Waals surface area (Å²) in [6.07, 6.45) is 2.55. The first-order valence-electron chi connectivity index (χ1n) is 7.07. The Hall–Kier alpha value is -0.130. The van der Waals surface area contributed by atoms with Gasteiger partial charge in [-0.15, -0.1) is 0 Å². The Balaban J connectivity index is 1.99. The number of benzene rings is 1. The minimum Gasteiger partial charge on any atom is -0.383 e. The van der Waals surface area contributed by atoms with Crippen molar-refractivity contribution < 1.29 is 4.74 Å². The first-order chi connectivity index (χ1) is 9.69. The Morgan fingerprint density at radius 3 is 3.05 bits per heavy atom. The van der Waals surface area contributed by atoms with E-state index in [-0.39, 0.29) is 0 Å². The van der Waals surface area contributed by atoms with Crippen molar-refractivity contribution in [1.82, 2.24) is 10.2 Å². The quantitative estimate of drug-likeness (QED) is 0.806. The van der Waals surface area contributed by atoms with E-state index in [0.29, 0.717) is 6.04 Å². The molecule has 5 heteroatoms. The van der Waals surface area contributed by atoms with Crippen LogP contribution in [-0.4, -0.2) is 44.3 Å². The van der Waals surface area contributed by atoms with Crippen LogP contribution in [0.25, 0.3) is 0 Å². The molecule has 20 heavy (non-hydrogen) atoms. The lowest BCUT2D eigenvalue weighted by Gasteiger charge is -2.26. The number of nitrogens with one attached hydrogen (secondary N) is 1. The molecule has 1 heterocycles. The molecule has 1 N–H and O–H groups in total. The van der Waals surface area contributed by atoms with Crippen LogP contribution in [0.4, 0.5) is 0 Å². The maximum absolute atomic E-state index is 6.10. The molecule has 1 aromatic carbocycles. The third kappa shape index (κ3) is 5.01. The first-order valence-corrected chi connectivity index (χ1v) is 8.24. The van der Waals surface area contributed by atoms with Crippen molar-refractivity contribution in [3.8, 4) is 0 Å².